The van der Waals surface area contributed by atoms with E-state index in [1.165, 1.54) is 19.3 Å². The third-order valence-corrected chi connectivity index (χ3v) is 4.31. The predicted molar refractivity (Wildman–Crippen MR) is 96.5 cm³/mol. The SMILES string of the molecule is CCOCCC1(CNC(=NC)NCC2CCCO2)CC1.I. The van der Waals surface area contributed by atoms with Crippen LogP contribution in [0.2, 0.25) is 0 Å². The van der Waals surface area contributed by atoms with Gasteiger partial charge in [0.25, 0.3) is 0 Å². The Morgan fingerprint density at radius 2 is 2.19 bits per heavy atom. The smallest absolute Gasteiger partial charge is 0.191 e. The number of hydrogen-bond donors (Lipinski definition) is 2. The first-order chi connectivity index (χ1) is 9.78. The van der Waals surface area contributed by atoms with Crippen molar-refractivity contribution >= 4 is 29.9 Å². The molecule has 21 heavy (non-hydrogen) atoms. The van der Waals surface area contributed by atoms with Gasteiger partial charge in [0.05, 0.1) is 6.10 Å². The maximum absolute atomic E-state index is 5.61. The molecule has 1 unspecified atom stereocenters. The van der Waals surface area contributed by atoms with Crippen LogP contribution < -0.4 is 10.6 Å². The van der Waals surface area contributed by atoms with E-state index in [1.807, 2.05) is 7.05 Å². The van der Waals surface area contributed by atoms with Crippen LogP contribution in [-0.4, -0.2) is 52.0 Å². The minimum Gasteiger partial charge on any atom is -0.382 e. The lowest BCUT2D eigenvalue weighted by molar-refractivity contribution is 0.113. The second kappa shape index (κ2) is 9.84. The third kappa shape index (κ3) is 6.69. The van der Waals surface area contributed by atoms with Crippen LogP contribution >= 0.6 is 24.0 Å². The molecule has 2 rings (SSSR count). The first-order valence-electron chi connectivity index (χ1n) is 7.92. The molecule has 0 radical (unpaired) electrons. The van der Waals surface area contributed by atoms with Gasteiger partial charge in [0.15, 0.2) is 5.96 Å². The standard InChI is InChI=1S/C15H29N3O2.HI/c1-3-19-10-8-15(6-7-15)12-18-14(16-2)17-11-13-5-4-9-20-13;/h13H,3-12H2,1-2H3,(H2,16,17,18);1H. The fourth-order valence-corrected chi connectivity index (χ4v) is 2.63. The molecule has 1 saturated carbocycles. The molecule has 0 aromatic rings. The average molecular weight is 411 g/mol. The summed E-state index contributed by atoms with van der Waals surface area (Å²) in [6.07, 6.45) is 6.44. The Bertz CT molecular complexity index is 316. The van der Waals surface area contributed by atoms with Crippen molar-refractivity contribution in [3.63, 3.8) is 0 Å². The molecule has 0 amide bonds. The van der Waals surface area contributed by atoms with Gasteiger partial charge in [0.2, 0.25) is 0 Å². The fraction of sp³-hybridized carbons (Fsp3) is 0.933. The molecule has 2 N–H and O–H groups in total. The van der Waals surface area contributed by atoms with E-state index >= 15 is 0 Å². The van der Waals surface area contributed by atoms with Gasteiger partial charge in [-0.2, -0.15) is 0 Å². The number of ether oxygens (including phenoxy) is 2. The molecule has 0 spiro atoms. The van der Waals surface area contributed by atoms with E-state index in [2.05, 4.69) is 22.5 Å². The number of rotatable bonds is 8. The third-order valence-electron chi connectivity index (χ3n) is 4.31. The summed E-state index contributed by atoms with van der Waals surface area (Å²) < 4.78 is 11.1. The van der Waals surface area contributed by atoms with Crippen LogP contribution in [0.15, 0.2) is 4.99 Å². The van der Waals surface area contributed by atoms with Gasteiger partial charge in [-0.05, 0) is 44.4 Å². The molecule has 2 fully saturated rings. The van der Waals surface area contributed by atoms with Crippen molar-refractivity contribution in [2.24, 2.45) is 10.4 Å². The van der Waals surface area contributed by atoms with E-state index in [0.29, 0.717) is 11.5 Å². The molecule has 0 aromatic heterocycles. The molecular weight excluding hydrogens is 381 g/mol. The molecule has 124 valence electrons. The van der Waals surface area contributed by atoms with Crippen molar-refractivity contribution in [3.8, 4) is 0 Å². The molecule has 1 aliphatic carbocycles. The normalized spacial score (nSPS) is 23.5. The second-order valence-corrected chi connectivity index (χ2v) is 5.89. The zero-order valence-electron chi connectivity index (χ0n) is 13.3. The molecule has 2 aliphatic rings. The molecule has 0 aromatic carbocycles. The lowest BCUT2D eigenvalue weighted by atomic mass is 10.0. The van der Waals surface area contributed by atoms with Crippen LogP contribution in [-0.2, 0) is 9.47 Å². The molecular formula is C15H30IN3O2. The number of guanidine groups is 1. The highest BCUT2D eigenvalue weighted by molar-refractivity contribution is 14.0. The van der Waals surface area contributed by atoms with Crippen molar-refractivity contribution in [1.29, 1.82) is 0 Å². The van der Waals surface area contributed by atoms with E-state index in [4.69, 9.17) is 9.47 Å². The number of aliphatic imine (C=N–C) groups is 1. The van der Waals surface area contributed by atoms with Crippen LogP contribution in [0.25, 0.3) is 0 Å². The Balaban J connectivity index is 0.00000220. The van der Waals surface area contributed by atoms with Crippen molar-refractivity contribution < 1.29 is 9.47 Å². The molecule has 1 atom stereocenters. The quantitative estimate of drug-likeness (QED) is 0.278. The van der Waals surface area contributed by atoms with E-state index in [-0.39, 0.29) is 24.0 Å². The van der Waals surface area contributed by atoms with Gasteiger partial charge >= 0.3 is 0 Å². The van der Waals surface area contributed by atoms with Crippen LogP contribution in [0.5, 0.6) is 0 Å². The fourth-order valence-electron chi connectivity index (χ4n) is 2.63. The van der Waals surface area contributed by atoms with E-state index in [9.17, 15) is 0 Å². The van der Waals surface area contributed by atoms with Crippen molar-refractivity contribution in [2.75, 3.05) is 40.0 Å². The maximum atomic E-state index is 5.61. The summed E-state index contributed by atoms with van der Waals surface area (Å²) in [4.78, 5) is 4.28. The summed E-state index contributed by atoms with van der Waals surface area (Å²) in [5.41, 5.74) is 0.441. The van der Waals surface area contributed by atoms with Crippen molar-refractivity contribution in [3.05, 3.63) is 0 Å². The first kappa shape index (κ1) is 19.0. The highest BCUT2D eigenvalue weighted by Crippen LogP contribution is 2.48. The van der Waals surface area contributed by atoms with Gasteiger partial charge in [0.1, 0.15) is 0 Å². The molecule has 1 heterocycles. The molecule has 0 bridgehead atoms. The van der Waals surface area contributed by atoms with Crippen molar-refractivity contribution in [1.82, 2.24) is 10.6 Å². The molecule has 6 heteroatoms. The Hall–Kier alpha value is -0.0800. The summed E-state index contributed by atoms with van der Waals surface area (Å²) >= 11 is 0. The summed E-state index contributed by atoms with van der Waals surface area (Å²) in [5, 5.41) is 6.81. The zero-order chi connectivity index (χ0) is 14.3. The largest absolute Gasteiger partial charge is 0.382 e. The van der Waals surface area contributed by atoms with Crippen LogP contribution in [0.3, 0.4) is 0 Å². The van der Waals surface area contributed by atoms with Gasteiger partial charge in [0, 0.05) is 40.0 Å². The highest BCUT2D eigenvalue weighted by Gasteiger charge is 2.41. The first-order valence-corrected chi connectivity index (χ1v) is 7.92. The summed E-state index contributed by atoms with van der Waals surface area (Å²) in [6.45, 7) is 6.48. The van der Waals surface area contributed by atoms with Crippen molar-refractivity contribution in [2.45, 2.75) is 45.1 Å². The Morgan fingerprint density at radius 1 is 1.38 bits per heavy atom. The van der Waals surface area contributed by atoms with E-state index < -0.39 is 0 Å². The number of halogens is 1. The minimum absolute atomic E-state index is 0. The Kier molecular flexibility index (Phi) is 8.89. The Morgan fingerprint density at radius 3 is 2.76 bits per heavy atom. The zero-order valence-corrected chi connectivity index (χ0v) is 15.7. The van der Waals surface area contributed by atoms with E-state index in [1.54, 1.807) is 0 Å². The minimum atomic E-state index is 0. The monoisotopic (exact) mass is 411 g/mol. The predicted octanol–water partition coefficient (Wildman–Crippen LogP) is 2.16. The maximum Gasteiger partial charge on any atom is 0.191 e. The van der Waals surface area contributed by atoms with Gasteiger partial charge in [-0.25, -0.2) is 0 Å². The van der Waals surface area contributed by atoms with Gasteiger partial charge in [-0.15, -0.1) is 24.0 Å². The highest BCUT2D eigenvalue weighted by atomic mass is 127. The summed E-state index contributed by atoms with van der Waals surface area (Å²) in [6, 6.07) is 0. The summed E-state index contributed by atoms with van der Waals surface area (Å²) in [7, 11) is 1.82. The van der Waals surface area contributed by atoms with Gasteiger partial charge in [-0.3, -0.25) is 4.99 Å². The number of nitrogens with one attached hydrogen (secondary N) is 2. The molecule has 1 saturated heterocycles. The molecule has 1 aliphatic heterocycles. The van der Waals surface area contributed by atoms with Crippen LogP contribution in [0.4, 0.5) is 0 Å². The van der Waals surface area contributed by atoms with Gasteiger partial charge < -0.3 is 20.1 Å². The second-order valence-electron chi connectivity index (χ2n) is 5.89. The molecule has 5 nitrogen and oxygen atoms in total. The lowest BCUT2D eigenvalue weighted by Gasteiger charge is -2.19. The number of hydrogen-bond acceptors (Lipinski definition) is 3. The average Bonchev–Trinajstić information content (AvgIpc) is 3.03. The number of nitrogens with zero attached hydrogens (tertiary/aromatic N) is 1. The van der Waals surface area contributed by atoms with Crippen LogP contribution in [0, 0.1) is 5.41 Å². The lowest BCUT2D eigenvalue weighted by Crippen LogP contribution is -2.43. The van der Waals surface area contributed by atoms with E-state index in [0.717, 1.165) is 51.7 Å². The van der Waals surface area contributed by atoms with Crippen LogP contribution in [0.1, 0.15) is 39.0 Å². The topological polar surface area (TPSA) is 54.9 Å². The van der Waals surface area contributed by atoms with Gasteiger partial charge in [-0.1, -0.05) is 0 Å². The Labute approximate surface area is 145 Å². The summed E-state index contributed by atoms with van der Waals surface area (Å²) in [5.74, 6) is 0.892.